The molecule has 4 nitrogen and oxygen atoms in total. The highest BCUT2D eigenvalue weighted by Gasteiger charge is 2.14. The van der Waals surface area contributed by atoms with E-state index in [2.05, 4.69) is 6.58 Å². The Kier molecular flexibility index (Phi) is 2.64. The number of rotatable bonds is 3. The smallest absolute Gasteiger partial charge is 0.280 e. The summed E-state index contributed by atoms with van der Waals surface area (Å²) in [5.41, 5.74) is 0.421. The fourth-order valence-corrected chi connectivity index (χ4v) is 1.07. The van der Waals surface area contributed by atoms with E-state index in [1.165, 1.54) is 19.3 Å². The topological polar surface area (TPSA) is 52.4 Å². The minimum atomic E-state index is -0.459. The zero-order valence-electron chi connectivity index (χ0n) is 7.19. The maximum Gasteiger partial charge on any atom is 0.280 e. The molecule has 0 aliphatic heterocycles. The Bertz CT molecular complexity index is 347. The summed E-state index contributed by atoms with van der Waals surface area (Å²) in [6.07, 6.45) is 1.41. The lowest BCUT2D eigenvalue weighted by atomic mass is 10.1. The highest BCUT2D eigenvalue weighted by Crippen LogP contribution is 2.28. The van der Waals surface area contributed by atoms with Crippen molar-refractivity contribution in [2.24, 2.45) is 0 Å². The zero-order chi connectivity index (χ0) is 9.84. The van der Waals surface area contributed by atoms with Crippen LogP contribution in [0.1, 0.15) is 5.56 Å². The van der Waals surface area contributed by atoms with Gasteiger partial charge in [0.1, 0.15) is 5.75 Å². The molecular formula is C9H9NO3. The monoisotopic (exact) mass is 179 g/mol. The lowest BCUT2D eigenvalue weighted by molar-refractivity contribution is -0.385. The van der Waals surface area contributed by atoms with Gasteiger partial charge in [0.15, 0.2) is 0 Å². The summed E-state index contributed by atoms with van der Waals surface area (Å²) in [4.78, 5) is 10.1. The van der Waals surface area contributed by atoms with Gasteiger partial charge in [-0.25, -0.2) is 0 Å². The average Bonchev–Trinajstić information content (AvgIpc) is 2.16. The Balaban J connectivity index is 3.35. The molecule has 1 aromatic rings. The lowest BCUT2D eigenvalue weighted by Crippen LogP contribution is -1.94. The molecule has 1 rings (SSSR count). The van der Waals surface area contributed by atoms with Crippen molar-refractivity contribution in [3.05, 3.63) is 40.5 Å². The first-order valence-electron chi connectivity index (χ1n) is 3.64. The van der Waals surface area contributed by atoms with Crippen molar-refractivity contribution in [3.8, 4) is 5.75 Å². The summed E-state index contributed by atoms with van der Waals surface area (Å²) in [7, 11) is 1.46. The Hall–Kier alpha value is -1.84. The number of ether oxygens (including phenoxy) is 1. The number of benzene rings is 1. The first kappa shape index (κ1) is 9.25. The third-order valence-electron chi connectivity index (χ3n) is 1.66. The highest BCUT2D eigenvalue weighted by molar-refractivity contribution is 5.66. The van der Waals surface area contributed by atoms with E-state index in [0.717, 1.165) is 0 Å². The Morgan fingerprint density at radius 2 is 2.31 bits per heavy atom. The van der Waals surface area contributed by atoms with Crippen LogP contribution >= 0.6 is 0 Å². The van der Waals surface area contributed by atoms with E-state index in [4.69, 9.17) is 4.74 Å². The van der Waals surface area contributed by atoms with Crippen LogP contribution in [-0.2, 0) is 0 Å². The second kappa shape index (κ2) is 3.71. The van der Waals surface area contributed by atoms with Crippen LogP contribution in [0.2, 0.25) is 0 Å². The summed E-state index contributed by atoms with van der Waals surface area (Å²) in [5, 5.41) is 10.6. The molecule has 0 saturated carbocycles. The molecular weight excluding hydrogens is 170 g/mol. The molecule has 0 saturated heterocycles. The van der Waals surface area contributed by atoms with E-state index in [0.29, 0.717) is 11.3 Å². The normalized spacial score (nSPS) is 9.31. The predicted octanol–water partition coefficient (Wildman–Crippen LogP) is 2.25. The largest absolute Gasteiger partial charge is 0.496 e. The average molecular weight is 179 g/mol. The summed E-state index contributed by atoms with van der Waals surface area (Å²) >= 11 is 0. The SMILES string of the molecule is C=Cc1c(OC)cccc1[N+](=O)[O-]. The molecule has 13 heavy (non-hydrogen) atoms. The van der Waals surface area contributed by atoms with Crippen molar-refractivity contribution in [2.45, 2.75) is 0 Å². The summed E-state index contributed by atoms with van der Waals surface area (Å²) in [5.74, 6) is 0.462. The molecule has 1 aromatic carbocycles. The molecule has 0 spiro atoms. The molecule has 0 radical (unpaired) electrons. The van der Waals surface area contributed by atoms with Crippen LogP contribution in [0.15, 0.2) is 24.8 Å². The van der Waals surface area contributed by atoms with Crippen molar-refractivity contribution in [3.63, 3.8) is 0 Å². The Morgan fingerprint density at radius 3 is 2.77 bits per heavy atom. The highest BCUT2D eigenvalue weighted by atomic mass is 16.6. The van der Waals surface area contributed by atoms with Crippen molar-refractivity contribution in [1.82, 2.24) is 0 Å². The van der Waals surface area contributed by atoms with Gasteiger partial charge in [0.05, 0.1) is 17.6 Å². The van der Waals surface area contributed by atoms with Crippen LogP contribution in [0.5, 0.6) is 5.75 Å². The Morgan fingerprint density at radius 1 is 1.62 bits per heavy atom. The summed E-state index contributed by atoms with van der Waals surface area (Å²) < 4.78 is 4.95. The number of hydrogen-bond acceptors (Lipinski definition) is 3. The van der Waals surface area contributed by atoms with Crippen LogP contribution in [0.3, 0.4) is 0 Å². The van der Waals surface area contributed by atoms with E-state index in [-0.39, 0.29) is 5.69 Å². The van der Waals surface area contributed by atoms with Gasteiger partial charge in [0.25, 0.3) is 5.69 Å². The Labute approximate surface area is 75.6 Å². The van der Waals surface area contributed by atoms with E-state index in [1.54, 1.807) is 12.1 Å². The lowest BCUT2D eigenvalue weighted by Gasteiger charge is -2.03. The first-order chi connectivity index (χ1) is 6.20. The molecule has 0 aliphatic rings. The minimum Gasteiger partial charge on any atom is -0.496 e. The van der Waals surface area contributed by atoms with Gasteiger partial charge in [-0.2, -0.15) is 0 Å². The predicted molar refractivity (Wildman–Crippen MR) is 49.7 cm³/mol. The molecule has 0 fully saturated rings. The van der Waals surface area contributed by atoms with E-state index >= 15 is 0 Å². The third kappa shape index (κ3) is 1.66. The van der Waals surface area contributed by atoms with Crippen molar-refractivity contribution in [1.29, 1.82) is 0 Å². The maximum atomic E-state index is 10.6. The fraction of sp³-hybridized carbons (Fsp3) is 0.111. The molecule has 0 aliphatic carbocycles. The molecule has 0 amide bonds. The van der Waals surface area contributed by atoms with E-state index in [9.17, 15) is 10.1 Å². The number of nitro groups is 1. The number of nitrogens with zero attached hydrogens (tertiary/aromatic N) is 1. The third-order valence-corrected chi connectivity index (χ3v) is 1.66. The van der Waals surface area contributed by atoms with Crippen molar-refractivity contribution in [2.75, 3.05) is 7.11 Å². The second-order valence-electron chi connectivity index (χ2n) is 2.35. The van der Waals surface area contributed by atoms with E-state index < -0.39 is 4.92 Å². The molecule has 0 N–H and O–H groups in total. The molecule has 0 unspecified atom stereocenters. The van der Waals surface area contributed by atoms with Crippen molar-refractivity contribution < 1.29 is 9.66 Å². The van der Waals surface area contributed by atoms with Crippen LogP contribution in [0.4, 0.5) is 5.69 Å². The molecule has 68 valence electrons. The van der Waals surface area contributed by atoms with Gasteiger partial charge in [0, 0.05) is 6.07 Å². The standard InChI is InChI=1S/C9H9NO3/c1-3-7-8(10(11)12)5-4-6-9(7)13-2/h3-6H,1H2,2H3. The van der Waals surface area contributed by atoms with Gasteiger partial charge in [0.2, 0.25) is 0 Å². The molecule has 0 heterocycles. The van der Waals surface area contributed by atoms with Gasteiger partial charge in [-0.05, 0) is 6.07 Å². The molecule has 0 aromatic heterocycles. The van der Waals surface area contributed by atoms with Gasteiger partial charge in [-0.15, -0.1) is 0 Å². The molecule has 0 atom stereocenters. The summed E-state index contributed by atoms with van der Waals surface area (Å²) in [6, 6.07) is 4.65. The fourth-order valence-electron chi connectivity index (χ4n) is 1.07. The van der Waals surface area contributed by atoms with Crippen LogP contribution in [0.25, 0.3) is 6.08 Å². The van der Waals surface area contributed by atoms with Crippen LogP contribution in [0, 0.1) is 10.1 Å². The number of nitro benzene ring substituents is 1. The summed E-state index contributed by atoms with van der Waals surface area (Å²) in [6.45, 7) is 3.50. The second-order valence-corrected chi connectivity index (χ2v) is 2.35. The quantitative estimate of drug-likeness (QED) is 0.528. The van der Waals surface area contributed by atoms with Crippen LogP contribution in [-0.4, -0.2) is 12.0 Å². The van der Waals surface area contributed by atoms with Gasteiger partial charge in [-0.3, -0.25) is 10.1 Å². The van der Waals surface area contributed by atoms with Crippen molar-refractivity contribution >= 4 is 11.8 Å². The number of methoxy groups -OCH3 is 1. The van der Waals surface area contributed by atoms with E-state index in [1.807, 2.05) is 0 Å². The number of hydrogen-bond donors (Lipinski definition) is 0. The van der Waals surface area contributed by atoms with Gasteiger partial charge < -0.3 is 4.74 Å². The van der Waals surface area contributed by atoms with Crippen LogP contribution < -0.4 is 4.74 Å². The molecule has 4 heteroatoms. The first-order valence-corrected chi connectivity index (χ1v) is 3.64. The maximum absolute atomic E-state index is 10.6. The minimum absolute atomic E-state index is 0.00866. The van der Waals surface area contributed by atoms with Gasteiger partial charge in [-0.1, -0.05) is 18.7 Å². The van der Waals surface area contributed by atoms with Gasteiger partial charge >= 0.3 is 0 Å². The molecule has 0 bridgehead atoms. The zero-order valence-corrected chi connectivity index (χ0v) is 7.19.